The molecular weight excluding hydrogens is 340 g/mol. The minimum absolute atomic E-state index is 0. The number of rotatable bonds is 8. The molecule has 0 radical (unpaired) electrons. The predicted octanol–water partition coefficient (Wildman–Crippen LogP) is 3.05. The molecule has 0 aliphatic carbocycles. The fourth-order valence-corrected chi connectivity index (χ4v) is 3.33. The van der Waals surface area contributed by atoms with Gasteiger partial charge in [-0.05, 0) is 62.5 Å². The molecule has 1 aliphatic rings. The number of nitrogens with zero attached hydrogens (tertiary/aromatic N) is 1. The molecule has 0 saturated carbocycles. The van der Waals surface area contributed by atoms with Crippen molar-refractivity contribution in [1.29, 1.82) is 0 Å². The topological polar surface area (TPSA) is 50.8 Å². The lowest BCUT2D eigenvalue weighted by Crippen LogP contribution is -2.46. The molecule has 0 spiro atoms. The predicted molar refractivity (Wildman–Crippen MR) is 103 cm³/mol. The Labute approximate surface area is 157 Å². The Morgan fingerprint density at radius 1 is 1.24 bits per heavy atom. The Kier molecular flexibility index (Phi) is 9.68. The molecule has 1 heterocycles. The Morgan fingerprint density at radius 2 is 1.96 bits per heavy atom. The summed E-state index contributed by atoms with van der Waals surface area (Å²) in [5, 5.41) is 3.37. The molecule has 0 bridgehead atoms. The van der Waals surface area contributed by atoms with Gasteiger partial charge in [0.05, 0.1) is 14.2 Å². The first kappa shape index (κ1) is 21.6. The van der Waals surface area contributed by atoms with Crippen molar-refractivity contribution in [2.45, 2.75) is 45.1 Å². The van der Waals surface area contributed by atoms with E-state index in [1.165, 1.54) is 0 Å². The van der Waals surface area contributed by atoms with Gasteiger partial charge in [0.25, 0.3) is 0 Å². The minimum atomic E-state index is 0. The van der Waals surface area contributed by atoms with Crippen LogP contribution in [0.1, 0.15) is 38.2 Å². The molecule has 2 rings (SSSR count). The zero-order valence-corrected chi connectivity index (χ0v) is 16.4. The molecule has 1 aromatic rings. The molecule has 142 valence electrons. The van der Waals surface area contributed by atoms with Gasteiger partial charge in [-0.25, -0.2) is 0 Å². The van der Waals surface area contributed by atoms with Gasteiger partial charge >= 0.3 is 0 Å². The van der Waals surface area contributed by atoms with E-state index in [2.05, 4.69) is 17.1 Å². The van der Waals surface area contributed by atoms with Gasteiger partial charge in [-0.2, -0.15) is 0 Å². The van der Waals surface area contributed by atoms with E-state index in [0.717, 1.165) is 56.0 Å². The van der Waals surface area contributed by atoms with E-state index in [1.807, 2.05) is 18.2 Å². The zero-order valence-electron chi connectivity index (χ0n) is 15.5. The number of nitrogens with one attached hydrogen (secondary N) is 1. The molecule has 1 fully saturated rings. The summed E-state index contributed by atoms with van der Waals surface area (Å²) in [4.78, 5) is 14.9. The van der Waals surface area contributed by atoms with E-state index in [-0.39, 0.29) is 18.3 Å². The first-order valence-corrected chi connectivity index (χ1v) is 8.90. The van der Waals surface area contributed by atoms with Crippen LogP contribution in [-0.4, -0.2) is 50.7 Å². The number of hydrogen-bond acceptors (Lipinski definition) is 4. The van der Waals surface area contributed by atoms with E-state index in [0.29, 0.717) is 18.9 Å². The summed E-state index contributed by atoms with van der Waals surface area (Å²) in [6, 6.07) is 6.12. The molecule has 5 nitrogen and oxygen atoms in total. The third-order valence-electron chi connectivity index (χ3n) is 4.63. The first-order chi connectivity index (χ1) is 11.7. The number of carbonyl (C=O) groups is 1. The lowest BCUT2D eigenvalue weighted by Gasteiger charge is -2.34. The molecule has 0 atom stereocenters. The van der Waals surface area contributed by atoms with Crippen LogP contribution in [-0.2, 0) is 11.2 Å². The summed E-state index contributed by atoms with van der Waals surface area (Å²) in [5.74, 6) is 1.85. The van der Waals surface area contributed by atoms with E-state index in [4.69, 9.17) is 9.47 Å². The summed E-state index contributed by atoms with van der Waals surface area (Å²) in [5.41, 5.74) is 1.02. The van der Waals surface area contributed by atoms with Crippen molar-refractivity contribution in [1.82, 2.24) is 10.2 Å². The van der Waals surface area contributed by atoms with Crippen molar-refractivity contribution in [3.05, 3.63) is 23.8 Å². The van der Waals surface area contributed by atoms with Gasteiger partial charge in [0, 0.05) is 19.0 Å². The third-order valence-corrected chi connectivity index (χ3v) is 4.63. The van der Waals surface area contributed by atoms with Gasteiger partial charge in [-0.15, -0.1) is 12.4 Å². The third kappa shape index (κ3) is 6.08. The fraction of sp³-hybridized carbons (Fsp3) is 0.632. The first-order valence-electron chi connectivity index (χ1n) is 8.90. The summed E-state index contributed by atoms with van der Waals surface area (Å²) in [7, 11) is 3.31. The van der Waals surface area contributed by atoms with Crippen LogP contribution in [0.2, 0.25) is 0 Å². The van der Waals surface area contributed by atoms with Crippen molar-refractivity contribution < 1.29 is 14.3 Å². The molecule has 0 aromatic heterocycles. The number of amides is 1. The van der Waals surface area contributed by atoms with Crippen LogP contribution in [0.25, 0.3) is 0 Å². The molecule has 1 aromatic carbocycles. The fourth-order valence-electron chi connectivity index (χ4n) is 3.33. The van der Waals surface area contributed by atoms with Gasteiger partial charge in [0.15, 0.2) is 0 Å². The number of methoxy groups -OCH3 is 2. The maximum atomic E-state index is 12.8. The largest absolute Gasteiger partial charge is 0.497 e. The highest BCUT2D eigenvalue weighted by molar-refractivity contribution is 5.85. The van der Waals surface area contributed by atoms with E-state index >= 15 is 0 Å². The Hall–Kier alpha value is -1.46. The number of benzene rings is 1. The summed E-state index contributed by atoms with van der Waals surface area (Å²) in [6.07, 6.45) is 4.28. The lowest BCUT2D eigenvalue weighted by molar-refractivity contribution is -0.134. The van der Waals surface area contributed by atoms with Crippen LogP contribution < -0.4 is 14.8 Å². The Balaban J connectivity index is 0.00000312. The standard InChI is InChI=1S/C19H30N2O3.ClH/c1-4-13-21(16-9-11-20-12-10-16)19(22)8-5-15-14-17(23-2)6-7-18(15)24-3;/h6-7,14,16,20H,4-5,8-13H2,1-3H3;1H. The number of halogens is 1. The highest BCUT2D eigenvalue weighted by Crippen LogP contribution is 2.25. The molecule has 25 heavy (non-hydrogen) atoms. The molecular formula is C19H31ClN2O3. The maximum absolute atomic E-state index is 12.8. The molecule has 1 N–H and O–H groups in total. The average Bonchev–Trinajstić information content (AvgIpc) is 2.64. The van der Waals surface area contributed by atoms with Crippen LogP contribution in [0.4, 0.5) is 0 Å². The maximum Gasteiger partial charge on any atom is 0.223 e. The van der Waals surface area contributed by atoms with Crippen LogP contribution in [0.3, 0.4) is 0 Å². The summed E-state index contributed by atoms with van der Waals surface area (Å²) < 4.78 is 10.7. The van der Waals surface area contributed by atoms with Crippen LogP contribution in [0.5, 0.6) is 11.5 Å². The second-order valence-electron chi connectivity index (χ2n) is 6.25. The van der Waals surface area contributed by atoms with E-state index < -0.39 is 0 Å². The number of ether oxygens (including phenoxy) is 2. The molecule has 1 aliphatic heterocycles. The molecule has 6 heteroatoms. The highest BCUT2D eigenvalue weighted by atomic mass is 35.5. The monoisotopic (exact) mass is 370 g/mol. The van der Waals surface area contributed by atoms with Gasteiger partial charge in [-0.3, -0.25) is 4.79 Å². The highest BCUT2D eigenvalue weighted by Gasteiger charge is 2.24. The summed E-state index contributed by atoms with van der Waals surface area (Å²) in [6.45, 7) is 4.98. The van der Waals surface area contributed by atoms with Gasteiger partial charge in [-0.1, -0.05) is 6.92 Å². The summed E-state index contributed by atoms with van der Waals surface area (Å²) >= 11 is 0. The van der Waals surface area contributed by atoms with Crippen molar-refractivity contribution >= 4 is 18.3 Å². The number of carbonyl (C=O) groups excluding carboxylic acids is 1. The van der Waals surface area contributed by atoms with E-state index in [1.54, 1.807) is 14.2 Å². The molecule has 1 saturated heterocycles. The van der Waals surface area contributed by atoms with Crippen molar-refractivity contribution in [2.75, 3.05) is 33.9 Å². The van der Waals surface area contributed by atoms with Crippen LogP contribution in [0.15, 0.2) is 18.2 Å². The average molecular weight is 371 g/mol. The van der Waals surface area contributed by atoms with Gasteiger partial charge in [0.1, 0.15) is 11.5 Å². The van der Waals surface area contributed by atoms with Gasteiger partial charge < -0.3 is 19.7 Å². The number of hydrogen-bond donors (Lipinski definition) is 1. The Bertz CT molecular complexity index is 533. The zero-order chi connectivity index (χ0) is 17.4. The Morgan fingerprint density at radius 3 is 2.56 bits per heavy atom. The number of piperidine rings is 1. The lowest BCUT2D eigenvalue weighted by atomic mass is 10.0. The van der Waals surface area contributed by atoms with Crippen LogP contribution in [0, 0.1) is 0 Å². The quantitative estimate of drug-likeness (QED) is 0.764. The smallest absolute Gasteiger partial charge is 0.223 e. The molecule has 1 amide bonds. The van der Waals surface area contributed by atoms with Crippen molar-refractivity contribution in [3.63, 3.8) is 0 Å². The van der Waals surface area contributed by atoms with E-state index in [9.17, 15) is 4.79 Å². The van der Waals surface area contributed by atoms with Crippen molar-refractivity contribution in [2.24, 2.45) is 0 Å². The van der Waals surface area contributed by atoms with Gasteiger partial charge in [0.2, 0.25) is 5.91 Å². The SMILES string of the molecule is CCCN(C(=O)CCc1cc(OC)ccc1OC)C1CCNCC1.Cl. The second-order valence-corrected chi connectivity index (χ2v) is 6.25. The molecule has 0 unspecified atom stereocenters. The van der Waals surface area contributed by atoms with Crippen LogP contribution >= 0.6 is 12.4 Å². The normalized spacial score (nSPS) is 14.5. The van der Waals surface area contributed by atoms with Crippen molar-refractivity contribution in [3.8, 4) is 11.5 Å². The minimum Gasteiger partial charge on any atom is -0.497 e. The second kappa shape index (κ2) is 11.2. The number of aryl methyl sites for hydroxylation is 1.